The zero-order valence-corrected chi connectivity index (χ0v) is 23.2. The Bertz CT molecular complexity index is 1570. The molecule has 2 aromatic carbocycles. The smallest absolute Gasteiger partial charge is 0.316 e. The third-order valence-electron chi connectivity index (χ3n) is 7.38. The van der Waals surface area contributed by atoms with Gasteiger partial charge in [-0.2, -0.15) is 14.1 Å². The van der Waals surface area contributed by atoms with Gasteiger partial charge < -0.3 is 15.0 Å². The van der Waals surface area contributed by atoms with Crippen LogP contribution in [0.1, 0.15) is 25.3 Å². The van der Waals surface area contributed by atoms with E-state index in [1.54, 1.807) is 25.2 Å². The Morgan fingerprint density at radius 3 is 2.38 bits per heavy atom. The molecular weight excluding hydrogens is 539 g/mol. The van der Waals surface area contributed by atoms with Gasteiger partial charge in [0.05, 0.1) is 24.2 Å². The van der Waals surface area contributed by atoms with Crippen LogP contribution in [0.3, 0.4) is 0 Å². The number of sulfonamides is 1. The maximum absolute atomic E-state index is 13.9. The number of ether oxygens (including phenoxy) is 1. The van der Waals surface area contributed by atoms with Crippen molar-refractivity contribution in [3.63, 3.8) is 0 Å². The van der Waals surface area contributed by atoms with Gasteiger partial charge >= 0.3 is 5.56 Å². The molecule has 0 unspecified atom stereocenters. The van der Waals surface area contributed by atoms with Crippen molar-refractivity contribution in [3.05, 3.63) is 70.1 Å². The lowest BCUT2D eigenvalue weighted by molar-refractivity contribution is 0.242. The Balaban J connectivity index is 1.37. The minimum absolute atomic E-state index is 0.0190. The number of rotatable bonds is 9. The first-order chi connectivity index (χ1) is 19.0. The molecule has 2 aliphatic rings. The van der Waals surface area contributed by atoms with Crippen molar-refractivity contribution in [3.8, 4) is 11.4 Å². The molecule has 2 heterocycles. The normalized spacial score (nSPS) is 17.1. The van der Waals surface area contributed by atoms with Gasteiger partial charge in [0.1, 0.15) is 25.2 Å². The highest BCUT2D eigenvalue weighted by molar-refractivity contribution is 7.88. The highest BCUT2D eigenvalue weighted by Crippen LogP contribution is 2.45. The summed E-state index contributed by atoms with van der Waals surface area (Å²) < 4.78 is 62.5. The van der Waals surface area contributed by atoms with Crippen LogP contribution in [0.2, 0.25) is 0 Å². The number of halogens is 2. The Kier molecular flexibility index (Phi) is 7.62. The van der Waals surface area contributed by atoms with E-state index < -0.39 is 27.2 Å². The molecule has 1 N–H and O–H groups in total. The number of aromatic nitrogens is 2. The van der Waals surface area contributed by atoms with Crippen molar-refractivity contribution < 1.29 is 21.9 Å². The molecule has 13 heteroatoms. The van der Waals surface area contributed by atoms with Crippen LogP contribution in [-0.2, 0) is 15.8 Å². The topological polar surface area (TPSA) is 96.8 Å². The zero-order valence-electron chi connectivity index (χ0n) is 22.4. The van der Waals surface area contributed by atoms with E-state index in [0.29, 0.717) is 48.2 Å². The maximum atomic E-state index is 13.9. The van der Waals surface area contributed by atoms with Gasteiger partial charge in [0.15, 0.2) is 0 Å². The highest BCUT2D eigenvalue weighted by Gasteiger charge is 2.39. The van der Waals surface area contributed by atoms with Gasteiger partial charge in [-0.15, -0.1) is 0 Å². The fourth-order valence-corrected chi connectivity index (χ4v) is 6.16. The second kappa shape index (κ2) is 10.8. The van der Waals surface area contributed by atoms with E-state index in [9.17, 15) is 22.0 Å². The van der Waals surface area contributed by atoms with Gasteiger partial charge in [-0.05, 0) is 36.6 Å². The third kappa shape index (κ3) is 6.00. The van der Waals surface area contributed by atoms with E-state index in [-0.39, 0.29) is 35.7 Å². The zero-order chi connectivity index (χ0) is 28.7. The average molecular weight is 569 g/mol. The summed E-state index contributed by atoms with van der Waals surface area (Å²) >= 11 is 0. The van der Waals surface area contributed by atoms with Crippen molar-refractivity contribution in [2.75, 3.05) is 50.1 Å². The quantitative estimate of drug-likeness (QED) is 0.395. The van der Waals surface area contributed by atoms with E-state index in [2.05, 4.69) is 17.3 Å². The molecule has 9 nitrogen and oxygen atoms in total. The predicted molar refractivity (Wildman–Crippen MR) is 150 cm³/mol. The molecule has 5 rings (SSSR count). The Morgan fingerprint density at radius 1 is 1.07 bits per heavy atom. The van der Waals surface area contributed by atoms with Gasteiger partial charge in [-0.1, -0.05) is 24.5 Å². The van der Waals surface area contributed by atoms with E-state index in [0.717, 1.165) is 29.7 Å². The molecule has 0 bridgehead atoms. The summed E-state index contributed by atoms with van der Waals surface area (Å²) in [6, 6.07) is 7.85. The van der Waals surface area contributed by atoms with Gasteiger partial charge in [-0.3, -0.25) is 4.79 Å². The monoisotopic (exact) mass is 569 g/mol. The number of benzene rings is 2. The first kappa shape index (κ1) is 28.1. The number of hydrogen-bond donors (Lipinski definition) is 1. The van der Waals surface area contributed by atoms with E-state index >= 15 is 0 Å². The Labute approximate surface area is 233 Å². The van der Waals surface area contributed by atoms with Crippen LogP contribution in [0.15, 0.2) is 47.4 Å². The fourth-order valence-electron chi connectivity index (χ4n) is 4.66. The molecule has 1 aliphatic heterocycles. The number of nitrogens with zero attached hydrogens (tertiary/aromatic N) is 4. The van der Waals surface area contributed by atoms with Crippen molar-refractivity contribution in [1.82, 2.24) is 14.1 Å². The molecule has 1 aliphatic carbocycles. The van der Waals surface area contributed by atoms with Crippen LogP contribution in [0, 0.1) is 17.0 Å². The van der Waals surface area contributed by atoms with Gasteiger partial charge in [0.25, 0.3) is 0 Å². The molecule has 210 valence electrons. The van der Waals surface area contributed by atoms with Crippen LogP contribution in [0.4, 0.5) is 20.2 Å². The van der Waals surface area contributed by atoms with Crippen molar-refractivity contribution >= 4 is 34.7 Å². The standard InChI is InChI=1S/C27H30BF2N5O4S/c1-27(5-6-27)17-39-25-24(15-32-35(26(25)36)21-13-19(29)12-20(30)14-21)33-7-9-34(10-8-33)40(37,38)16-18-3-4-22(28)23(11-18)31-2/h3-4,11-15,31H,5-10,16-17H2,1-2H3. The summed E-state index contributed by atoms with van der Waals surface area (Å²) in [6.07, 6.45) is 3.36. The summed E-state index contributed by atoms with van der Waals surface area (Å²) in [5.41, 5.74) is 1.48. The molecule has 1 aromatic heterocycles. The number of nitrogens with one attached hydrogen (secondary N) is 1. The van der Waals surface area contributed by atoms with Crippen molar-refractivity contribution in [1.29, 1.82) is 0 Å². The summed E-state index contributed by atoms with van der Waals surface area (Å²) in [5.74, 6) is -1.82. The lowest BCUT2D eigenvalue weighted by Crippen LogP contribution is -2.49. The molecular formula is C27H30BF2N5O4S. The maximum Gasteiger partial charge on any atom is 0.316 e. The third-order valence-corrected chi connectivity index (χ3v) is 9.23. The highest BCUT2D eigenvalue weighted by atomic mass is 32.2. The molecule has 3 aromatic rings. The number of piperazine rings is 1. The molecule has 0 spiro atoms. The SMILES string of the molecule is [B]c1ccc(CS(=O)(=O)N2CCN(c3cnn(-c4cc(F)cc(F)c4)c(=O)c3OCC3(C)CC3)CC2)cc1NC. The van der Waals surface area contributed by atoms with E-state index in [1.165, 1.54) is 10.5 Å². The fraction of sp³-hybridized carbons (Fsp3) is 0.407. The summed E-state index contributed by atoms with van der Waals surface area (Å²) in [4.78, 5) is 15.3. The average Bonchev–Trinajstić information content (AvgIpc) is 3.65. The molecule has 0 amide bonds. The predicted octanol–water partition coefficient (Wildman–Crippen LogP) is 2.18. The Morgan fingerprint density at radius 2 is 1.75 bits per heavy atom. The van der Waals surface area contributed by atoms with Crippen molar-refractivity contribution in [2.45, 2.75) is 25.5 Å². The molecule has 1 saturated carbocycles. The molecule has 2 radical (unpaired) electrons. The van der Waals surface area contributed by atoms with E-state index in [1.807, 2.05) is 4.90 Å². The number of hydrogen-bond acceptors (Lipinski definition) is 7. The molecule has 0 atom stereocenters. The van der Waals surface area contributed by atoms with Crippen LogP contribution < -0.4 is 26.0 Å². The van der Waals surface area contributed by atoms with Crippen LogP contribution >= 0.6 is 0 Å². The summed E-state index contributed by atoms with van der Waals surface area (Å²) in [7, 11) is 4.01. The van der Waals surface area contributed by atoms with E-state index in [4.69, 9.17) is 12.6 Å². The first-order valence-corrected chi connectivity index (χ1v) is 14.6. The minimum atomic E-state index is -3.62. The summed E-state index contributed by atoms with van der Waals surface area (Å²) in [6.45, 7) is 3.36. The lowest BCUT2D eigenvalue weighted by atomic mass is 9.93. The second-order valence-corrected chi connectivity index (χ2v) is 12.6. The summed E-state index contributed by atoms with van der Waals surface area (Å²) in [5, 5.41) is 7.13. The first-order valence-electron chi connectivity index (χ1n) is 13.0. The van der Waals surface area contributed by atoms with Gasteiger partial charge in [0.2, 0.25) is 15.8 Å². The van der Waals surface area contributed by atoms with Crippen LogP contribution in [0.5, 0.6) is 5.75 Å². The van der Waals surface area contributed by atoms with Crippen LogP contribution in [-0.4, -0.2) is 70.2 Å². The minimum Gasteiger partial charge on any atom is -0.486 e. The van der Waals surface area contributed by atoms with Gasteiger partial charge in [0, 0.05) is 50.4 Å². The lowest BCUT2D eigenvalue weighted by Gasteiger charge is -2.35. The largest absolute Gasteiger partial charge is 0.486 e. The van der Waals surface area contributed by atoms with Crippen molar-refractivity contribution in [2.24, 2.45) is 5.41 Å². The van der Waals surface area contributed by atoms with Crippen LogP contribution in [0.25, 0.3) is 5.69 Å². The molecule has 1 saturated heterocycles. The number of anilines is 2. The van der Waals surface area contributed by atoms with Gasteiger partial charge in [-0.25, -0.2) is 17.2 Å². The second-order valence-electron chi connectivity index (χ2n) is 10.6. The Hall–Kier alpha value is -3.45. The molecule has 40 heavy (non-hydrogen) atoms. The molecule has 2 fully saturated rings.